The molecule has 0 fully saturated rings. The fraction of sp³-hybridized carbons (Fsp3) is 0.222. The summed E-state index contributed by atoms with van der Waals surface area (Å²) in [4.78, 5) is 23.0. The molecule has 2 aromatic carbocycles. The van der Waals surface area contributed by atoms with Crippen molar-refractivity contribution in [1.82, 2.24) is 5.32 Å². The number of benzene rings is 2. The van der Waals surface area contributed by atoms with E-state index in [1.54, 1.807) is 24.3 Å². The Labute approximate surface area is 136 Å². The summed E-state index contributed by atoms with van der Waals surface area (Å²) in [6, 6.07) is 15.2. The standard InChI is InChI=1S/C18H21N3O2/c1-13-6-8-15(9-7-13)11-19-12-18(23)21-17-5-3-4-16(10-17)20-14(2)22/h3-10,19H,11-12H2,1-2H3,(H,20,22)(H,21,23). The minimum Gasteiger partial charge on any atom is -0.326 e. The molecule has 0 radical (unpaired) electrons. The summed E-state index contributed by atoms with van der Waals surface area (Å²) < 4.78 is 0. The first-order valence-electron chi connectivity index (χ1n) is 7.47. The monoisotopic (exact) mass is 311 g/mol. The minimum atomic E-state index is -0.145. The Balaban J connectivity index is 1.80. The summed E-state index contributed by atoms with van der Waals surface area (Å²) in [6.07, 6.45) is 0. The van der Waals surface area contributed by atoms with E-state index in [1.165, 1.54) is 12.5 Å². The molecule has 0 unspecified atom stereocenters. The third kappa shape index (κ3) is 5.92. The van der Waals surface area contributed by atoms with Gasteiger partial charge in [0, 0.05) is 24.8 Å². The SMILES string of the molecule is CC(=O)Nc1cccc(NC(=O)CNCc2ccc(C)cc2)c1. The summed E-state index contributed by atoms with van der Waals surface area (Å²) in [5.41, 5.74) is 3.66. The van der Waals surface area contributed by atoms with E-state index in [0.717, 1.165) is 5.56 Å². The van der Waals surface area contributed by atoms with Crippen molar-refractivity contribution in [3.63, 3.8) is 0 Å². The Kier molecular flexibility index (Phi) is 5.88. The van der Waals surface area contributed by atoms with Gasteiger partial charge in [0.1, 0.15) is 0 Å². The maximum absolute atomic E-state index is 11.9. The van der Waals surface area contributed by atoms with E-state index in [2.05, 4.69) is 16.0 Å². The molecule has 0 spiro atoms. The first-order valence-corrected chi connectivity index (χ1v) is 7.47. The van der Waals surface area contributed by atoms with Gasteiger partial charge in [0.25, 0.3) is 0 Å². The lowest BCUT2D eigenvalue weighted by Crippen LogP contribution is -2.27. The molecule has 120 valence electrons. The molecule has 0 aromatic heterocycles. The number of nitrogens with one attached hydrogen (secondary N) is 3. The number of rotatable bonds is 6. The molecule has 5 nitrogen and oxygen atoms in total. The first kappa shape index (κ1) is 16.7. The second-order valence-electron chi connectivity index (χ2n) is 5.40. The van der Waals surface area contributed by atoms with Crippen molar-refractivity contribution in [3.8, 4) is 0 Å². The van der Waals surface area contributed by atoms with E-state index in [4.69, 9.17) is 0 Å². The highest BCUT2D eigenvalue weighted by Crippen LogP contribution is 2.14. The minimum absolute atomic E-state index is 0.128. The third-order valence-corrected chi connectivity index (χ3v) is 3.20. The van der Waals surface area contributed by atoms with Gasteiger partial charge in [0.05, 0.1) is 6.54 Å². The quantitative estimate of drug-likeness (QED) is 0.768. The summed E-state index contributed by atoms with van der Waals surface area (Å²) in [6.45, 7) is 4.35. The molecule has 2 amide bonds. The maximum Gasteiger partial charge on any atom is 0.238 e. The Morgan fingerprint density at radius 3 is 2.26 bits per heavy atom. The van der Waals surface area contributed by atoms with Crippen LogP contribution in [-0.4, -0.2) is 18.4 Å². The Morgan fingerprint density at radius 2 is 1.61 bits per heavy atom. The van der Waals surface area contributed by atoms with Crippen LogP contribution < -0.4 is 16.0 Å². The van der Waals surface area contributed by atoms with E-state index in [0.29, 0.717) is 17.9 Å². The second kappa shape index (κ2) is 8.10. The maximum atomic E-state index is 11.9. The van der Waals surface area contributed by atoms with Crippen LogP contribution >= 0.6 is 0 Å². The van der Waals surface area contributed by atoms with Crippen LogP contribution in [0.15, 0.2) is 48.5 Å². The van der Waals surface area contributed by atoms with E-state index in [-0.39, 0.29) is 18.4 Å². The van der Waals surface area contributed by atoms with Crippen LogP contribution in [0.4, 0.5) is 11.4 Å². The van der Waals surface area contributed by atoms with Crippen LogP contribution in [0.2, 0.25) is 0 Å². The zero-order chi connectivity index (χ0) is 16.7. The molecule has 3 N–H and O–H groups in total. The van der Waals surface area contributed by atoms with Crippen LogP contribution in [-0.2, 0) is 16.1 Å². The molecule has 2 aromatic rings. The van der Waals surface area contributed by atoms with E-state index >= 15 is 0 Å². The van der Waals surface area contributed by atoms with E-state index in [1.807, 2.05) is 31.2 Å². The molecule has 0 saturated heterocycles. The Morgan fingerprint density at radius 1 is 0.957 bits per heavy atom. The van der Waals surface area contributed by atoms with Crippen molar-refractivity contribution in [1.29, 1.82) is 0 Å². The number of hydrogen-bond acceptors (Lipinski definition) is 3. The molecule has 0 atom stereocenters. The summed E-state index contributed by atoms with van der Waals surface area (Å²) >= 11 is 0. The van der Waals surface area contributed by atoms with Crippen molar-refractivity contribution < 1.29 is 9.59 Å². The number of anilines is 2. The highest BCUT2D eigenvalue weighted by atomic mass is 16.2. The van der Waals surface area contributed by atoms with Gasteiger partial charge in [-0.25, -0.2) is 0 Å². The molecule has 0 saturated carbocycles. The van der Waals surface area contributed by atoms with Gasteiger partial charge >= 0.3 is 0 Å². The molecule has 0 bridgehead atoms. The average molecular weight is 311 g/mol. The number of carbonyl (C=O) groups excluding carboxylic acids is 2. The van der Waals surface area contributed by atoms with Crippen LogP contribution in [0.25, 0.3) is 0 Å². The topological polar surface area (TPSA) is 70.2 Å². The molecule has 0 aliphatic rings. The molecular formula is C18H21N3O2. The average Bonchev–Trinajstić information content (AvgIpc) is 2.49. The van der Waals surface area contributed by atoms with Gasteiger partial charge in [-0.05, 0) is 30.7 Å². The lowest BCUT2D eigenvalue weighted by Gasteiger charge is -2.09. The van der Waals surface area contributed by atoms with Crippen molar-refractivity contribution in [3.05, 3.63) is 59.7 Å². The number of amides is 2. The summed E-state index contributed by atoms with van der Waals surface area (Å²) in [5, 5.41) is 8.59. The van der Waals surface area contributed by atoms with Gasteiger partial charge in [0.15, 0.2) is 0 Å². The van der Waals surface area contributed by atoms with Gasteiger partial charge in [-0.3, -0.25) is 9.59 Å². The van der Waals surface area contributed by atoms with Gasteiger partial charge < -0.3 is 16.0 Å². The van der Waals surface area contributed by atoms with Gasteiger partial charge in [-0.2, -0.15) is 0 Å². The summed E-state index contributed by atoms with van der Waals surface area (Å²) in [7, 11) is 0. The van der Waals surface area contributed by atoms with Crippen LogP contribution in [0.1, 0.15) is 18.1 Å². The van der Waals surface area contributed by atoms with Crippen LogP contribution in [0.3, 0.4) is 0 Å². The molecular weight excluding hydrogens is 290 g/mol. The van der Waals surface area contributed by atoms with Gasteiger partial charge in [-0.15, -0.1) is 0 Å². The zero-order valence-electron chi connectivity index (χ0n) is 13.3. The molecule has 5 heteroatoms. The molecule has 0 aliphatic heterocycles. The fourth-order valence-electron chi connectivity index (χ4n) is 2.11. The van der Waals surface area contributed by atoms with Crippen molar-refractivity contribution in [2.75, 3.05) is 17.2 Å². The highest BCUT2D eigenvalue weighted by molar-refractivity contribution is 5.94. The first-order chi connectivity index (χ1) is 11.0. The lowest BCUT2D eigenvalue weighted by molar-refractivity contribution is -0.115. The Hall–Kier alpha value is -2.66. The van der Waals surface area contributed by atoms with Crippen molar-refractivity contribution in [2.24, 2.45) is 0 Å². The predicted molar refractivity (Wildman–Crippen MR) is 92.3 cm³/mol. The van der Waals surface area contributed by atoms with Crippen molar-refractivity contribution >= 4 is 23.2 Å². The summed E-state index contributed by atoms with van der Waals surface area (Å²) in [5.74, 6) is -0.273. The fourth-order valence-corrected chi connectivity index (χ4v) is 2.11. The predicted octanol–water partition coefficient (Wildman–Crippen LogP) is 2.68. The van der Waals surface area contributed by atoms with Gasteiger partial charge in [-0.1, -0.05) is 35.9 Å². The van der Waals surface area contributed by atoms with Gasteiger partial charge in [0.2, 0.25) is 11.8 Å². The molecule has 0 heterocycles. The van der Waals surface area contributed by atoms with Crippen LogP contribution in [0, 0.1) is 6.92 Å². The number of hydrogen-bond donors (Lipinski definition) is 3. The number of carbonyl (C=O) groups is 2. The molecule has 2 rings (SSSR count). The largest absolute Gasteiger partial charge is 0.326 e. The lowest BCUT2D eigenvalue weighted by atomic mass is 10.1. The smallest absolute Gasteiger partial charge is 0.238 e. The molecule has 23 heavy (non-hydrogen) atoms. The van der Waals surface area contributed by atoms with Crippen molar-refractivity contribution in [2.45, 2.75) is 20.4 Å². The second-order valence-corrected chi connectivity index (χ2v) is 5.40. The zero-order valence-corrected chi connectivity index (χ0v) is 13.3. The highest BCUT2D eigenvalue weighted by Gasteiger charge is 2.03. The molecule has 0 aliphatic carbocycles. The number of aryl methyl sites for hydroxylation is 1. The normalized spacial score (nSPS) is 10.2. The third-order valence-electron chi connectivity index (χ3n) is 3.20. The van der Waals surface area contributed by atoms with E-state index < -0.39 is 0 Å². The van der Waals surface area contributed by atoms with Crippen LogP contribution in [0.5, 0.6) is 0 Å². The Bertz CT molecular complexity index is 681. The van der Waals surface area contributed by atoms with E-state index in [9.17, 15) is 9.59 Å².